The monoisotopic (exact) mass is 442 g/mol. The fourth-order valence-corrected chi connectivity index (χ4v) is 4.39. The number of amides is 3. The van der Waals surface area contributed by atoms with E-state index in [4.69, 9.17) is 0 Å². The lowest BCUT2D eigenvalue weighted by Crippen LogP contribution is -2.44. The van der Waals surface area contributed by atoms with Gasteiger partial charge in [-0.3, -0.25) is 9.59 Å². The highest BCUT2D eigenvalue weighted by atomic mass is 19.1. The van der Waals surface area contributed by atoms with Gasteiger partial charge in [0.25, 0.3) is 5.91 Å². The molecule has 3 rings (SSSR count). The third-order valence-electron chi connectivity index (χ3n) is 5.80. The molecule has 0 aliphatic carbocycles. The molecule has 32 heavy (non-hydrogen) atoms. The highest BCUT2D eigenvalue weighted by Crippen LogP contribution is 2.25. The first-order chi connectivity index (χ1) is 15.3. The Hall–Kier alpha value is -3.16. The van der Waals surface area contributed by atoms with Crippen molar-refractivity contribution in [2.75, 3.05) is 25.0 Å². The summed E-state index contributed by atoms with van der Waals surface area (Å²) in [4.78, 5) is 42.5. The number of nitrogens with one attached hydrogen (secondary N) is 3. The Morgan fingerprint density at radius 1 is 1.28 bits per heavy atom. The van der Waals surface area contributed by atoms with E-state index < -0.39 is 11.8 Å². The molecular weight excluding hydrogens is 411 g/mol. The summed E-state index contributed by atoms with van der Waals surface area (Å²) in [7, 11) is 0. The first-order valence-corrected chi connectivity index (χ1v) is 11.1. The molecule has 1 aromatic heterocycles. The van der Waals surface area contributed by atoms with Gasteiger partial charge in [0.1, 0.15) is 11.5 Å². The molecule has 7 nitrogen and oxygen atoms in total. The van der Waals surface area contributed by atoms with Crippen LogP contribution in [-0.2, 0) is 6.42 Å². The average Bonchev–Trinajstić information content (AvgIpc) is 3.08. The van der Waals surface area contributed by atoms with Gasteiger partial charge in [-0.15, -0.1) is 0 Å². The van der Waals surface area contributed by atoms with E-state index in [0.29, 0.717) is 43.0 Å². The fourth-order valence-electron chi connectivity index (χ4n) is 4.39. The minimum absolute atomic E-state index is 0.0359. The highest BCUT2D eigenvalue weighted by molar-refractivity contribution is 6.02. The molecule has 3 N–H and O–H groups in total. The third kappa shape index (κ3) is 5.55. The maximum atomic E-state index is 13.3. The number of urea groups is 1. The van der Waals surface area contributed by atoms with Crippen molar-refractivity contribution >= 4 is 23.4 Å². The Balaban J connectivity index is 1.62. The number of benzene rings is 1. The van der Waals surface area contributed by atoms with Gasteiger partial charge >= 0.3 is 6.03 Å². The first-order valence-electron chi connectivity index (χ1n) is 11.1. The Bertz CT molecular complexity index is 1000. The average molecular weight is 443 g/mol. The molecule has 1 atom stereocenters. The summed E-state index contributed by atoms with van der Waals surface area (Å²) < 4.78 is 13.3. The van der Waals surface area contributed by atoms with Crippen molar-refractivity contribution in [3.63, 3.8) is 0 Å². The van der Waals surface area contributed by atoms with Crippen molar-refractivity contribution in [3.05, 3.63) is 52.6 Å². The molecule has 1 aromatic carbocycles. The van der Waals surface area contributed by atoms with E-state index in [1.165, 1.54) is 25.1 Å². The Morgan fingerprint density at radius 3 is 2.75 bits per heavy atom. The summed E-state index contributed by atoms with van der Waals surface area (Å²) in [5.74, 6) is -0.438. The normalized spacial score (nSPS) is 16.0. The van der Waals surface area contributed by atoms with Crippen LogP contribution in [-0.4, -0.2) is 47.2 Å². The zero-order chi connectivity index (χ0) is 23.3. The van der Waals surface area contributed by atoms with E-state index in [0.717, 1.165) is 30.5 Å². The van der Waals surface area contributed by atoms with Crippen LogP contribution in [0.4, 0.5) is 14.9 Å². The topological polar surface area (TPSA) is 94.3 Å². The van der Waals surface area contributed by atoms with Crippen LogP contribution in [0.25, 0.3) is 0 Å². The van der Waals surface area contributed by atoms with Gasteiger partial charge in [-0.1, -0.05) is 19.4 Å². The number of carbonyl (C=O) groups is 3. The summed E-state index contributed by atoms with van der Waals surface area (Å²) in [6.07, 6.45) is 3.24. The molecule has 0 bridgehead atoms. The van der Waals surface area contributed by atoms with Crippen LogP contribution in [0.15, 0.2) is 24.3 Å². The van der Waals surface area contributed by atoms with Crippen LogP contribution >= 0.6 is 0 Å². The van der Waals surface area contributed by atoms with E-state index in [-0.39, 0.29) is 17.6 Å². The summed E-state index contributed by atoms with van der Waals surface area (Å²) in [6, 6.07) is 5.30. The predicted octanol–water partition coefficient (Wildman–Crippen LogP) is 4.29. The highest BCUT2D eigenvalue weighted by Gasteiger charge is 2.29. The smallest absolute Gasteiger partial charge is 0.319 e. The Kier molecular flexibility index (Phi) is 7.66. The lowest BCUT2D eigenvalue weighted by Gasteiger charge is -2.33. The zero-order valence-electron chi connectivity index (χ0n) is 18.9. The Morgan fingerprint density at radius 2 is 2.06 bits per heavy atom. The van der Waals surface area contributed by atoms with Gasteiger partial charge in [0.15, 0.2) is 5.78 Å². The van der Waals surface area contributed by atoms with Gasteiger partial charge < -0.3 is 20.5 Å². The molecule has 1 saturated heterocycles. The molecule has 0 spiro atoms. The number of H-pyrrole nitrogens is 1. The molecule has 1 fully saturated rings. The summed E-state index contributed by atoms with van der Waals surface area (Å²) in [5.41, 5.74) is 3.05. The summed E-state index contributed by atoms with van der Waals surface area (Å²) >= 11 is 0. The second kappa shape index (κ2) is 10.4. The fraction of sp³-hybridized carbons (Fsp3) is 0.458. The summed E-state index contributed by atoms with van der Waals surface area (Å²) in [5, 5.41) is 5.43. The van der Waals surface area contributed by atoms with Crippen molar-refractivity contribution in [3.8, 4) is 0 Å². The van der Waals surface area contributed by atoms with Gasteiger partial charge in [0.2, 0.25) is 0 Å². The minimum atomic E-state index is -0.417. The lowest BCUT2D eigenvalue weighted by molar-refractivity contribution is 0.0668. The molecule has 8 heteroatoms. The Labute approximate surface area is 187 Å². The van der Waals surface area contributed by atoms with Crippen molar-refractivity contribution in [1.82, 2.24) is 15.2 Å². The number of hydrogen-bond donors (Lipinski definition) is 3. The molecule has 2 aromatic rings. The van der Waals surface area contributed by atoms with E-state index in [9.17, 15) is 18.8 Å². The number of anilines is 1. The number of hydrogen-bond acceptors (Lipinski definition) is 3. The number of nitrogens with zero attached hydrogens (tertiary/aromatic N) is 1. The van der Waals surface area contributed by atoms with Crippen molar-refractivity contribution in [2.45, 2.75) is 46.5 Å². The number of rotatable bonds is 7. The number of piperidine rings is 1. The molecule has 0 saturated carbocycles. The second-order valence-electron chi connectivity index (χ2n) is 8.39. The number of Topliss-reactive ketones (excluding diaryl/α,β-unsaturated/α-hetero) is 1. The van der Waals surface area contributed by atoms with Crippen LogP contribution in [0.2, 0.25) is 0 Å². The van der Waals surface area contributed by atoms with Crippen molar-refractivity contribution < 1.29 is 18.8 Å². The number of aromatic amines is 1. The minimum Gasteiger partial charge on any atom is -0.354 e. The van der Waals surface area contributed by atoms with Gasteiger partial charge in [-0.2, -0.15) is 0 Å². The third-order valence-corrected chi connectivity index (χ3v) is 5.80. The van der Waals surface area contributed by atoms with E-state index in [1.807, 2.05) is 13.8 Å². The maximum absolute atomic E-state index is 13.3. The molecule has 3 amide bonds. The SMILES string of the molecule is CCCc1c(C(=O)N2CCCC(CNC(=O)Nc3cccc(F)c3)C2)[nH]c(C)c1C(C)=O. The molecule has 1 aliphatic heterocycles. The number of aryl methyl sites for hydroxylation is 1. The molecular formula is C24H31FN4O3. The predicted molar refractivity (Wildman–Crippen MR) is 122 cm³/mol. The second-order valence-corrected chi connectivity index (χ2v) is 8.39. The van der Waals surface area contributed by atoms with E-state index in [1.54, 1.807) is 11.0 Å². The first kappa shape index (κ1) is 23.5. The van der Waals surface area contributed by atoms with E-state index in [2.05, 4.69) is 15.6 Å². The quantitative estimate of drug-likeness (QED) is 0.558. The maximum Gasteiger partial charge on any atom is 0.319 e. The van der Waals surface area contributed by atoms with Crippen LogP contribution in [0.1, 0.15) is 65.2 Å². The molecule has 172 valence electrons. The molecule has 2 heterocycles. The van der Waals surface area contributed by atoms with Crippen LogP contribution in [0, 0.1) is 18.7 Å². The van der Waals surface area contributed by atoms with Gasteiger partial charge in [-0.05, 0) is 62.8 Å². The number of aromatic nitrogens is 1. The van der Waals surface area contributed by atoms with Gasteiger partial charge in [0, 0.05) is 36.6 Å². The number of halogens is 1. The summed E-state index contributed by atoms with van der Waals surface area (Å²) in [6.45, 7) is 6.96. The molecule has 1 aliphatic rings. The molecule has 1 unspecified atom stereocenters. The van der Waals surface area contributed by atoms with Crippen molar-refractivity contribution in [1.29, 1.82) is 0 Å². The zero-order valence-corrected chi connectivity index (χ0v) is 18.9. The number of likely N-dealkylation sites (tertiary alicyclic amines) is 1. The van der Waals surface area contributed by atoms with Gasteiger partial charge in [-0.25, -0.2) is 9.18 Å². The van der Waals surface area contributed by atoms with Crippen molar-refractivity contribution in [2.24, 2.45) is 5.92 Å². The number of ketones is 1. The van der Waals surface area contributed by atoms with Gasteiger partial charge in [0.05, 0.1) is 0 Å². The molecule has 0 radical (unpaired) electrons. The van der Waals surface area contributed by atoms with Crippen LogP contribution in [0.5, 0.6) is 0 Å². The standard InChI is InChI=1S/C24H31FN4O3/c1-4-7-20-21(16(3)30)15(2)27-22(20)23(31)29-11-6-8-17(14-29)13-26-24(32)28-19-10-5-9-18(25)12-19/h5,9-10,12,17,27H,4,6-8,11,13-14H2,1-3H3,(H2,26,28,32). The van der Waals surface area contributed by atoms with Crippen LogP contribution in [0.3, 0.4) is 0 Å². The lowest BCUT2D eigenvalue weighted by atomic mass is 9.96. The largest absolute Gasteiger partial charge is 0.354 e. The number of carbonyl (C=O) groups excluding carboxylic acids is 3. The van der Waals surface area contributed by atoms with Crippen LogP contribution < -0.4 is 10.6 Å². The van der Waals surface area contributed by atoms with E-state index >= 15 is 0 Å².